The third kappa shape index (κ3) is 4.94. The van der Waals surface area contributed by atoms with Crippen LogP contribution >= 0.6 is 0 Å². The number of fused-ring (bicyclic) bond motifs is 10. The van der Waals surface area contributed by atoms with Crippen molar-refractivity contribution in [3.8, 4) is 39.9 Å². The molecule has 6 nitrogen and oxygen atoms in total. The maximum absolute atomic E-state index is 6.72. The summed E-state index contributed by atoms with van der Waals surface area (Å²) >= 11 is 0. The van der Waals surface area contributed by atoms with Crippen LogP contribution in [0, 0.1) is 0 Å². The largest absolute Gasteiger partial charge is 0.456 e. The van der Waals surface area contributed by atoms with Crippen LogP contribution in [0.15, 0.2) is 186 Å². The normalized spacial score (nSPS) is 15.6. The molecule has 7 aromatic carbocycles. The number of aromatic nitrogens is 4. The van der Waals surface area contributed by atoms with Gasteiger partial charge in [-0.15, -0.1) is 0 Å². The standard InChI is InChI=1S/C51H33N5O/c1-3-13-32(14-4-1)33-23-25-34(26-24-33)49-52-50(54-51(53-49)56-41-20-10-7-17-37(41)38-18-8-11-21-42(38)56)35-27-28-40-46(31-35)57-45-30-29-44-47(48(40)45)39-19-9-12-22-43(39)55(44)36-15-5-2-6-16-36/h1-31,44,47H. The molecule has 10 aromatic rings. The van der Waals surface area contributed by atoms with Gasteiger partial charge in [-0.1, -0.05) is 146 Å². The quantitative estimate of drug-likeness (QED) is 0.176. The first-order valence-corrected chi connectivity index (χ1v) is 19.4. The molecule has 0 saturated heterocycles. The molecule has 0 bridgehead atoms. The Hall–Kier alpha value is -7.57. The maximum atomic E-state index is 6.72. The van der Waals surface area contributed by atoms with Gasteiger partial charge in [0.2, 0.25) is 5.95 Å². The molecular weight excluding hydrogens is 699 g/mol. The minimum atomic E-state index is 0.123. The maximum Gasteiger partial charge on any atom is 0.238 e. The summed E-state index contributed by atoms with van der Waals surface area (Å²) in [5.41, 5.74) is 11.9. The minimum absolute atomic E-state index is 0.123. The van der Waals surface area contributed by atoms with Gasteiger partial charge in [-0.05, 0) is 59.2 Å². The third-order valence-electron chi connectivity index (χ3n) is 11.6. The fourth-order valence-electron chi connectivity index (χ4n) is 9.10. The summed E-state index contributed by atoms with van der Waals surface area (Å²) in [6.45, 7) is 0. The highest BCUT2D eigenvalue weighted by Crippen LogP contribution is 2.53. The summed E-state index contributed by atoms with van der Waals surface area (Å²) in [7, 11) is 0. The van der Waals surface area contributed by atoms with Crippen LogP contribution in [-0.4, -0.2) is 25.6 Å². The van der Waals surface area contributed by atoms with Crippen LogP contribution in [0.3, 0.4) is 0 Å². The van der Waals surface area contributed by atoms with Gasteiger partial charge in [0.05, 0.1) is 17.1 Å². The monoisotopic (exact) mass is 731 g/mol. The first kappa shape index (κ1) is 31.7. The second-order valence-electron chi connectivity index (χ2n) is 14.8. The van der Waals surface area contributed by atoms with Crippen LogP contribution in [0.4, 0.5) is 11.4 Å². The summed E-state index contributed by atoms with van der Waals surface area (Å²) < 4.78 is 8.88. The molecule has 0 amide bonds. The molecule has 268 valence electrons. The van der Waals surface area contributed by atoms with Crippen molar-refractivity contribution in [1.29, 1.82) is 0 Å². The average molecular weight is 732 g/mol. The van der Waals surface area contributed by atoms with Crippen LogP contribution in [0.1, 0.15) is 22.8 Å². The number of hydrogen-bond donors (Lipinski definition) is 0. The number of hydrogen-bond acceptors (Lipinski definition) is 5. The average Bonchev–Trinajstić information content (AvgIpc) is 3.94. The molecule has 2 atom stereocenters. The van der Waals surface area contributed by atoms with Crippen LogP contribution in [0.25, 0.3) is 78.7 Å². The molecule has 1 aliphatic carbocycles. The minimum Gasteiger partial charge on any atom is -0.456 e. The van der Waals surface area contributed by atoms with Crippen molar-refractivity contribution in [3.63, 3.8) is 0 Å². The second kappa shape index (κ2) is 12.5. The van der Waals surface area contributed by atoms with E-state index >= 15 is 0 Å². The summed E-state index contributed by atoms with van der Waals surface area (Å²) in [4.78, 5) is 18.0. The highest BCUT2D eigenvalue weighted by Gasteiger charge is 2.43. The zero-order valence-electron chi connectivity index (χ0n) is 30.7. The predicted molar refractivity (Wildman–Crippen MR) is 230 cm³/mol. The number of rotatable bonds is 5. The lowest BCUT2D eigenvalue weighted by molar-refractivity contribution is 0.584. The fourth-order valence-corrected chi connectivity index (χ4v) is 9.10. The van der Waals surface area contributed by atoms with Gasteiger partial charge < -0.3 is 9.32 Å². The van der Waals surface area contributed by atoms with Gasteiger partial charge >= 0.3 is 0 Å². The molecule has 3 aromatic heterocycles. The number of nitrogens with zero attached hydrogens (tertiary/aromatic N) is 5. The van der Waals surface area contributed by atoms with Crippen LogP contribution < -0.4 is 4.90 Å². The number of anilines is 2. The van der Waals surface area contributed by atoms with Crippen molar-refractivity contribution in [2.75, 3.05) is 4.90 Å². The Kier molecular flexibility index (Phi) is 6.95. The number of furan rings is 1. The van der Waals surface area contributed by atoms with Crippen molar-refractivity contribution in [2.45, 2.75) is 12.0 Å². The van der Waals surface area contributed by atoms with E-state index in [4.69, 9.17) is 19.4 Å². The van der Waals surface area contributed by atoms with Crippen molar-refractivity contribution < 1.29 is 4.42 Å². The van der Waals surface area contributed by atoms with Gasteiger partial charge in [-0.25, -0.2) is 4.98 Å². The Morgan fingerprint density at radius 1 is 0.491 bits per heavy atom. The zero-order chi connectivity index (χ0) is 37.5. The molecule has 12 rings (SSSR count). The van der Waals surface area contributed by atoms with E-state index in [9.17, 15) is 0 Å². The lowest BCUT2D eigenvalue weighted by Gasteiger charge is -2.30. The fraction of sp³-hybridized carbons (Fsp3) is 0.0392. The van der Waals surface area contributed by atoms with Gasteiger partial charge in [-0.3, -0.25) is 4.57 Å². The Morgan fingerprint density at radius 3 is 1.84 bits per heavy atom. The van der Waals surface area contributed by atoms with Gasteiger partial charge in [0.15, 0.2) is 11.6 Å². The second-order valence-corrected chi connectivity index (χ2v) is 14.8. The molecule has 0 saturated carbocycles. The molecule has 4 heterocycles. The third-order valence-corrected chi connectivity index (χ3v) is 11.6. The number of para-hydroxylation sites is 4. The first-order chi connectivity index (χ1) is 28.3. The summed E-state index contributed by atoms with van der Waals surface area (Å²) in [6, 6.07) is 61.7. The molecule has 6 heteroatoms. The lowest BCUT2D eigenvalue weighted by Crippen LogP contribution is -2.30. The summed E-state index contributed by atoms with van der Waals surface area (Å²) in [5.74, 6) is 2.76. The SMILES string of the molecule is C1=CC2C(c3ccccc3N2c2ccccc2)c2c1oc1cc(-c3nc(-c4ccc(-c5ccccc5)cc4)nc(-n4c5ccccc5c5ccccc54)n3)ccc21. The van der Waals surface area contributed by atoms with Crippen LogP contribution in [0.2, 0.25) is 0 Å². The van der Waals surface area contributed by atoms with Gasteiger partial charge in [0.1, 0.15) is 11.3 Å². The van der Waals surface area contributed by atoms with Crippen LogP contribution in [-0.2, 0) is 0 Å². The zero-order valence-corrected chi connectivity index (χ0v) is 30.7. The van der Waals surface area contributed by atoms with E-state index in [0.717, 1.165) is 60.8 Å². The predicted octanol–water partition coefficient (Wildman–Crippen LogP) is 12.4. The first-order valence-electron chi connectivity index (χ1n) is 19.4. The topological polar surface area (TPSA) is 60.0 Å². The molecular formula is C51H33N5O. The van der Waals surface area contributed by atoms with E-state index in [-0.39, 0.29) is 12.0 Å². The Bertz CT molecular complexity index is 3150. The van der Waals surface area contributed by atoms with E-state index in [1.807, 2.05) is 6.07 Å². The molecule has 2 aliphatic rings. The van der Waals surface area contributed by atoms with E-state index in [0.29, 0.717) is 17.6 Å². The lowest BCUT2D eigenvalue weighted by atomic mass is 9.82. The van der Waals surface area contributed by atoms with Crippen molar-refractivity contribution in [1.82, 2.24) is 19.5 Å². The Balaban J connectivity index is 1.02. The van der Waals surface area contributed by atoms with E-state index in [2.05, 4.69) is 191 Å². The molecule has 1 aliphatic heterocycles. The van der Waals surface area contributed by atoms with Crippen molar-refractivity contribution >= 4 is 50.2 Å². The van der Waals surface area contributed by atoms with Crippen molar-refractivity contribution in [3.05, 3.63) is 199 Å². The van der Waals surface area contributed by atoms with Gasteiger partial charge in [0, 0.05) is 50.1 Å². The molecule has 2 unspecified atom stereocenters. The van der Waals surface area contributed by atoms with E-state index in [1.54, 1.807) is 0 Å². The van der Waals surface area contributed by atoms with E-state index in [1.165, 1.54) is 22.5 Å². The smallest absolute Gasteiger partial charge is 0.238 e. The molecule has 0 N–H and O–H groups in total. The molecule has 57 heavy (non-hydrogen) atoms. The molecule has 0 spiro atoms. The Morgan fingerprint density at radius 2 is 1.09 bits per heavy atom. The highest BCUT2D eigenvalue weighted by molar-refractivity contribution is 6.09. The molecule has 0 radical (unpaired) electrons. The van der Waals surface area contributed by atoms with Crippen LogP contribution in [0.5, 0.6) is 0 Å². The highest BCUT2D eigenvalue weighted by atomic mass is 16.3. The van der Waals surface area contributed by atoms with Crippen molar-refractivity contribution in [2.24, 2.45) is 0 Å². The Labute approximate surface area is 328 Å². The van der Waals surface area contributed by atoms with Gasteiger partial charge in [-0.2, -0.15) is 9.97 Å². The summed E-state index contributed by atoms with van der Waals surface area (Å²) in [5, 5.41) is 3.40. The number of benzene rings is 7. The van der Waals surface area contributed by atoms with Gasteiger partial charge in [0.25, 0.3) is 0 Å². The molecule has 0 fully saturated rings. The van der Waals surface area contributed by atoms with E-state index < -0.39 is 0 Å². The summed E-state index contributed by atoms with van der Waals surface area (Å²) in [6.07, 6.45) is 4.45.